The Labute approximate surface area is 141 Å². The Balaban J connectivity index is 2.00. The third kappa shape index (κ3) is 3.51. The van der Waals surface area contributed by atoms with Gasteiger partial charge in [-0.15, -0.1) is 0 Å². The van der Waals surface area contributed by atoms with Crippen LogP contribution in [0.2, 0.25) is 0 Å². The molecule has 5 heteroatoms. The minimum Gasteiger partial charge on any atom is -0.481 e. The molecule has 5 nitrogen and oxygen atoms in total. The van der Waals surface area contributed by atoms with Crippen LogP contribution in [0.4, 0.5) is 5.82 Å². The lowest BCUT2D eigenvalue weighted by molar-refractivity contribution is 0.397. The number of methoxy groups -OCH3 is 1. The van der Waals surface area contributed by atoms with Gasteiger partial charge in [-0.2, -0.15) is 0 Å². The molecule has 24 heavy (non-hydrogen) atoms. The van der Waals surface area contributed by atoms with Gasteiger partial charge in [-0.05, 0) is 42.2 Å². The van der Waals surface area contributed by atoms with E-state index in [1.54, 1.807) is 19.4 Å². The van der Waals surface area contributed by atoms with E-state index in [-0.39, 0.29) is 6.04 Å². The maximum absolute atomic E-state index is 5.18. The quantitative estimate of drug-likeness (QED) is 0.777. The van der Waals surface area contributed by atoms with Crippen LogP contribution in [0, 0.1) is 13.8 Å². The molecule has 0 aliphatic carbocycles. The maximum atomic E-state index is 5.18. The lowest BCUT2D eigenvalue weighted by atomic mass is 9.96. The third-order valence-electron chi connectivity index (χ3n) is 4.03. The monoisotopic (exact) mass is 320 g/mol. The molecule has 0 bridgehead atoms. The highest BCUT2D eigenvalue weighted by molar-refractivity contribution is 5.46. The van der Waals surface area contributed by atoms with Crippen molar-refractivity contribution in [1.29, 1.82) is 0 Å². The van der Waals surface area contributed by atoms with Crippen molar-refractivity contribution in [2.24, 2.45) is 0 Å². The van der Waals surface area contributed by atoms with Crippen LogP contribution in [0.25, 0.3) is 0 Å². The van der Waals surface area contributed by atoms with Gasteiger partial charge in [-0.25, -0.2) is 9.97 Å². The minimum absolute atomic E-state index is 0.0578. The van der Waals surface area contributed by atoms with Gasteiger partial charge >= 0.3 is 0 Å². The molecule has 122 valence electrons. The second-order valence-corrected chi connectivity index (χ2v) is 5.65. The summed E-state index contributed by atoms with van der Waals surface area (Å²) in [5, 5.41) is 3.46. The van der Waals surface area contributed by atoms with Crippen molar-refractivity contribution in [1.82, 2.24) is 15.0 Å². The van der Waals surface area contributed by atoms with Gasteiger partial charge in [0.05, 0.1) is 13.2 Å². The van der Waals surface area contributed by atoms with Gasteiger partial charge in [0.2, 0.25) is 5.88 Å². The van der Waals surface area contributed by atoms with E-state index in [1.807, 2.05) is 12.3 Å². The first-order chi connectivity index (χ1) is 11.7. The molecule has 0 saturated carbocycles. The number of aryl methyl sites for hydroxylation is 2. The molecule has 0 saturated heterocycles. The SMILES string of the molecule is COc1cc(N[C@H](c2cccnc2)c2ccc(C)c(C)c2)ncn1. The smallest absolute Gasteiger partial charge is 0.218 e. The Bertz CT molecular complexity index is 821. The first-order valence-electron chi connectivity index (χ1n) is 7.77. The molecule has 2 heterocycles. The molecular weight excluding hydrogens is 300 g/mol. The van der Waals surface area contributed by atoms with Gasteiger partial charge in [-0.1, -0.05) is 24.3 Å². The van der Waals surface area contributed by atoms with Crippen molar-refractivity contribution >= 4 is 5.82 Å². The molecular formula is C19H20N4O. The summed E-state index contributed by atoms with van der Waals surface area (Å²) in [6, 6.07) is 12.2. The first-order valence-corrected chi connectivity index (χ1v) is 7.77. The fraction of sp³-hybridized carbons (Fsp3) is 0.211. The normalized spacial score (nSPS) is 11.8. The molecule has 0 aliphatic heterocycles. The summed E-state index contributed by atoms with van der Waals surface area (Å²) in [4.78, 5) is 12.6. The van der Waals surface area contributed by atoms with Gasteiger partial charge in [0.15, 0.2) is 0 Å². The lowest BCUT2D eigenvalue weighted by Crippen LogP contribution is -2.14. The van der Waals surface area contributed by atoms with Gasteiger partial charge < -0.3 is 10.1 Å². The molecule has 0 spiro atoms. The average molecular weight is 320 g/mol. The van der Waals surface area contributed by atoms with Crippen molar-refractivity contribution in [3.05, 3.63) is 77.4 Å². The zero-order valence-electron chi connectivity index (χ0n) is 14.0. The number of anilines is 1. The number of benzene rings is 1. The number of nitrogens with one attached hydrogen (secondary N) is 1. The van der Waals surface area contributed by atoms with Crippen LogP contribution in [0.5, 0.6) is 5.88 Å². The average Bonchev–Trinajstić information content (AvgIpc) is 2.63. The van der Waals surface area contributed by atoms with Gasteiger partial charge in [0.1, 0.15) is 12.1 Å². The second kappa shape index (κ2) is 7.08. The topological polar surface area (TPSA) is 59.9 Å². The van der Waals surface area contributed by atoms with Crippen molar-refractivity contribution in [2.45, 2.75) is 19.9 Å². The van der Waals surface area contributed by atoms with Crippen LogP contribution in [0.1, 0.15) is 28.3 Å². The van der Waals surface area contributed by atoms with Crippen LogP contribution < -0.4 is 10.1 Å². The van der Waals surface area contributed by atoms with E-state index in [9.17, 15) is 0 Å². The van der Waals surface area contributed by atoms with E-state index in [0.717, 1.165) is 11.1 Å². The number of pyridine rings is 1. The highest BCUT2D eigenvalue weighted by Gasteiger charge is 2.16. The van der Waals surface area contributed by atoms with Crippen molar-refractivity contribution < 1.29 is 4.74 Å². The molecule has 0 aliphatic rings. The van der Waals surface area contributed by atoms with E-state index in [1.165, 1.54) is 17.5 Å². The molecule has 2 aromatic heterocycles. The Hall–Kier alpha value is -2.95. The van der Waals surface area contributed by atoms with E-state index < -0.39 is 0 Å². The number of hydrogen-bond donors (Lipinski definition) is 1. The molecule has 1 atom stereocenters. The lowest BCUT2D eigenvalue weighted by Gasteiger charge is -2.21. The van der Waals surface area contributed by atoms with Gasteiger partial charge in [0.25, 0.3) is 0 Å². The number of aromatic nitrogens is 3. The predicted molar refractivity (Wildman–Crippen MR) is 94.2 cm³/mol. The van der Waals surface area contributed by atoms with Gasteiger partial charge in [-0.3, -0.25) is 4.98 Å². The standard InChI is InChI=1S/C19H20N4O/c1-13-6-7-15(9-14(13)2)19(16-5-4-8-20-11-16)23-17-10-18(24-3)22-12-21-17/h4-12,19H,1-3H3,(H,21,22,23)/t19-/m0/s1. The minimum atomic E-state index is -0.0578. The summed E-state index contributed by atoms with van der Waals surface area (Å²) in [5.74, 6) is 1.23. The predicted octanol–water partition coefficient (Wildman–Crippen LogP) is 3.70. The second-order valence-electron chi connectivity index (χ2n) is 5.65. The summed E-state index contributed by atoms with van der Waals surface area (Å²) in [5.41, 5.74) is 4.75. The Kier molecular flexibility index (Phi) is 4.70. The number of ether oxygens (including phenoxy) is 1. The summed E-state index contributed by atoms with van der Waals surface area (Å²) in [7, 11) is 1.59. The number of hydrogen-bond acceptors (Lipinski definition) is 5. The molecule has 0 unspecified atom stereocenters. The van der Waals surface area contributed by atoms with E-state index in [2.05, 4.69) is 58.4 Å². The highest BCUT2D eigenvalue weighted by atomic mass is 16.5. The van der Waals surface area contributed by atoms with Crippen molar-refractivity contribution in [3.8, 4) is 5.88 Å². The third-order valence-corrected chi connectivity index (χ3v) is 4.03. The fourth-order valence-electron chi connectivity index (χ4n) is 2.53. The zero-order valence-corrected chi connectivity index (χ0v) is 14.0. The van der Waals surface area contributed by atoms with Crippen LogP contribution in [-0.2, 0) is 0 Å². The molecule has 0 amide bonds. The Morgan fingerprint density at radius 2 is 1.88 bits per heavy atom. The molecule has 1 N–H and O–H groups in total. The molecule has 0 fully saturated rings. The van der Waals surface area contributed by atoms with Crippen LogP contribution in [-0.4, -0.2) is 22.1 Å². The summed E-state index contributed by atoms with van der Waals surface area (Å²) in [6.45, 7) is 4.23. The number of nitrogens with zero attached hydrogens (tertiary/aromatic N) is 3. The molecule has 1 aromatic carbocycles. The van der Waals surface area contributed by atoms with Crippen LogP contribution in [0.3, 0.4) is 0 Å². The molecule has 0 radical (unpaired) electrons. The Morgan fingerprint density at radius 1 is 1.00 bits per heavy atom. The largest absolute Gasteiger partial charge is 0.481 e. The highest BCUT2D eigenvalue weighted by Crippen LogP contribution is 2.27. The van der Waals surface area contributed by atoms with Crippen molar-refractivity contribution in [3.63, 3.8) is 0 Å². The maximum Gasteiger partial charge on any atom is 0.218 e. The zero-order chi connectivity index (χ0) is 16.9. The van der Waals surface area contributed by atoms with E-state index >= 15 is 0 Å². The summed E-state index contributed by atoms with van der Waals surface area (Å²) in [6.07, 6.45) is 5.13. The molecule has 3 aromatic rings. The number of rotatable bonds is 5. The first kappa shape index (κ1) is 15.9. The summed E-state index contributed by atoms with van der Waals surface area (Å²) >= 11 is 0. The fourth-order valence-corrected chi connectivity index (χ4v) is 2.53. The summed E-state index contributed by atoms with van der Waals surface area (Å²) < 4.78 is 5.18. The molecule has 3 rings (SSSR count). The van der Waals surface area contributed by atoms with E-state index in [0.29, 0.717) is 11.7 Å². The van der Waals surface area contributed by atoms with Crippen LogP contribution >= 0.6 is 0 Å². The van der Waals surface area contributed by atoms with Gasteiger partial charge in [0, 0.05) is 18.5 Å². The van der Waals surface area contributed by atoms with Crippen LogP contribution in [0.15, 0.2) is 55.1 Å². The van der Waals surface area contributed by atoms with E-state index in [4.69, 9.17) is 4.74 Å². The van der Waals surface area contributed by atoms with Crippen molar-refractivity contribution in [2.75, 3.05) is 12.4 Å². The Morgan fingerprint density at radius 3 is 2.58 bits per heavy atom.